The second-order valence-electron chi connectivity index (χ2n) is 7.21. The molecule has 3 nitrogen and oxygen atoms in total. The summed E-state index contributed by atoms with van der Waals surface area (Å²) in [6.07, 6.45) is 3.15. The predicted molar refractivity (Wildman–Crippen MR) is 95.3 cm³/mol. The lowest BCUT2D eigenvalue weighted by Crippen LogP contribution is -2.29. The largest absolute Gasteiger partial charge is 0.330 e. The van der Waals surface area contributed by atoms with E-state index in [1.807, 2.05) is 17.8 Å². The lowest BCUT2D eigenvalue weighted by molar-refractivity contribution is -0.120. The molecule has 0 bridgehead atoms. The number of carbonyl (C=O) groups is 1. The summed E-state index contributed by atoms with van der Waals surface area (Å²) < 4.78 is 0.190. The fourth-order valence-corrected chi connectivity index (χ4v) is 4.16. The van der Waals surface area contributed by atoms with Crippen molar-refractivity contribution in [1.82, 2.24) is 0 Å². The van der Waals surface area contributed by atoms with Crippen LogP contribution >= 0.6 is 11.8 Å². The van der Waals surface area contributed by atoms with Crippen LogP contribution in [0, 0.1) is 18.8 Å². The molecule has 1 aromatic carbocycles. The Morgan fingerprint density at radius 3 is 2.68 bits per heavy atom. The van der Waals surface area contributed by atoms with Crippen LogP contribution in [-0.4, -0.2) is 17.2 Å². The van der Waals surface area contributed by atoms with Gasteiger partial charge in [-0.15, -0.1) is 11.8 Å². The molecule has 2 rings (SSSR count). The van der Waals surface area contributed by atoms with Crippen LogP contribution in [0.4, 0.5) is 5.69 Å². The van der Waals surface area contributed by atoms with Crippen molar-refractivity contribution in [3.8, 4) is 0 Å². The highest BCUT2D eigenvalue weighted by Gasteiger charge is 2.32. The molecule has 0 spiro atoms. The number of amides is 1. The normalized spacial score (nSPS) is 21.9. The van der Waals surface area contributed by atoms with Crippen LogP contribution < -0.4 is 11.1 Å². The van der Waals surface area contributed by atoms with Gasteiger partial charge in [-0.1, -0.05) is 27.2 Å². The van der Waals surface area contributed by atoms with Gasteiger partial charge in [0, 0.05) is 21.2 Å². The van der Waals surface area contributed by atoms with Gasteiger partial charge in [-0.3, -0.25) is 4.79 Å². The monoisotopic (exact) mass is 320 g/mol. The maximum absolute atomic E-state index is 12.5. The van der Waals surface area contributed by atoms with E-state index >= 15 is 0 Å². The lowest BCUT2D eigenvalue weighted by atomic mass is 9.95. The van der Waals surface area contributed by atoms with Gasteiger partial charge in [-0.25, -0.2) is 0 Å². The van der Waals surface area contributed by atoms with E-state index in [4.69, 9.17) is 5.73 Å². The molecule has 0 aromatic heterocycles. The summed E-state index contributed by atoms with van der Waals surface area (Å²) >= 11 is 1.84. The minimum Gasteiger partial charge on any atom is -0.330 e. The van der Waals surface area contributed by atoms with Gasteiger partial charge < -0.3 is 11.1 Å². The average molecular weight is 321 g/mol. The number of thioether (sulfide) groups is 1. The zero-order valence-corrected chi connectivity index (χ0v) is 14.9. The maximum atomic E-state index is 12.5. The molecule has 1 aliphatic carbocycles. The van der Waals surface area contributed by atoms with Gasteiger partial charge >= 0.3 is 0 Å². The van der Waals surface area contributed by atoms with Gasteiger partial charge in [0.05, 0.1) is 0 Å². The number of carbonyl (C=O) groups excluding carboxylic acids is 1. The van der Waals surface area contributed by atoms with Crippen molar-refractivity contribution in [2.45, 2.75) is 56.6 Å². The predicted octanol–water partition coefficient (Wildman–Crippen LogP) is 4.20. The Labute approximate surface area is 138 Å². The van der Waals surface area contributed by atoms with Crippen molar-refractivity contribution in [3.05, 3.63) is 23.8 Å². The van der Waals surface area contributed by atoms with Crippen molar-refractivity contribution in [1.29, 1.82) is 0 Å². The van der Waals surface area contributed by atoms with E-state index in [2.05, 4.69) is 45.1 Å². The van der Waals surface area contributed by atoms with Crippen LogP contribution in [0.1, 0.15) is 45.6 Å². The lowest BCUT2D eigenvalue weighted by Gasteiger charge is -2.20. The van der Waals surface area contributed by atoms with Gasteiger partial charge in [-0.05, 0) is 56.0 Å². The molecule has 4 heteroatoms. The fraction of sp³-hybridized carbons (Fsp3) is 0.611. The highest BCUT2D eigenvalue weighted by molar-refractivity contribution is 8.00. The second kappa shape index (κ2) is 7.05. The third kappa shape index (κ3) is 4.50. The molecule has 0 radical (unpaired) electrons. The number of nitrogens with two attached hydrogens (primary N) is 1. The van der Waals surface area contributed by atoms with Crippen molar-refractivity contribution in [3.63, 3.8) is 0 Å². The summed E-state index contributed by atoms with van der Waals surface area (Å²) in [7, 11) is 0. The Kier molecular flexibility index (Phi) is 5.56. The van der Waals surface area contributed by atoms with E-state index < -0.39 is 0 Å². The van der Waals surface area contributed by atoms with Crippen molar-refractivity contribution in [2.24, 2.45) is 17.6 Å². The molecule has 1 saturated carbocycles. The molecule has 122 valence electrons. The average Bonchev–Trinajstić information content (AvgIpc) is 2.88. The number of hydrogen-bond acceptors (Lipinski definition) is 3. The van der Waals surface area contributed by atoms with Crippen molar-refractivity contribution in [2.75, 3.05) is 11.9 Å². The van der Waals surface area contributed by atoms with Crippen LogP contribution in [0.3, 0.4) is 0 Å². The van der Waals surface area contributed by atoms with Crippen molar-refractivity contribution >= 4 is 23.4 Å². The number of anilines is 1. The summed E-state index contributed by atoms with van der Waals surface area (Å²) in [4.78, 5) is 13.7. The van der Waals surface area contributed by atoms with E-state index in [0.29, 0.717) is 12.5 Å². The van der Waals surface area contributed by atoms with Crippen LogP contribution in [0.15, 0.2) is 23.1 Å². The first kappa shape index (κ1) is 17.4. The molecule has 22 heavy (non-hydrogen) atoms. The second-order valence-corrected chi connectivity index (χ2v) is 9.11. The molecular weight excluding hydrogens is 292 g/mol. The summed E-state index contributed by atoms with van der Waals surface area (Å²) in [5, 5.41) is 3.10. The molecule has 0 aliphatic heterocycles. The molecule has 0 saturated heterocycles. The minimum atomic E-state index is 0.0769. The van der Waals surface area contributed by atoms with Gasteiger partial charge in [0.25, 0.3) is 0 Å². The van der Waals surface area contributed by atoms with E-state index in [0.717, 1.165) is 30.5 Å². The number of nitrogens with one attached hydrogen (secondary N) is 1. The van der Waals surface area contributed by atoms with E-state index in [9.17, 15) is 4.79 Å². The van der Waals surface area contributed by atoms with E-state index in [-0.39, 0.29) is 16.6 Å². The Morgan fingerprint density at radius 1 is 1.36 bits per heavy atom. The third-order valence-electron chi connectivity index (χ3n) is 4.18. The molecular formula is C18H28N2OS. The molecule has 0 heterocycles. The summed E-state index contributed by atoms with van der Waals surface area (Å²) in [6.45, 7) is 9.27. The topological polar surface area (TPSA) is 55.1 Å². The SMILES string of the molecule is Cc1cc(SC(C)(C)C)ccc1NC(=O)[C@@H]1CCC[C@@H]1CN. The third-order valence-corrected chi connectivity index (χ3v) is 5.28. The zero-order chi connectivity index (χ0) is 16.3. The van der Waals surface area contributed by atoms with Gasteiger partial charge in [0.2, 0.25) is 5.91 Å². The molecule has 2 atom stereocenters. The quantitative estimate of drug-likeness (QED) is 0.818. The van der Waals surface area contributed by atoms with Crippen molar-refractivity contribution < 1.29 is 4.79 Å². The zero-order valence-electron chi connectivity index (χ0n) is 14.1. The van der Waals surface area contributed by atoms with Crippen LogP contribution in [0.2, 0.25) is 0 Å². The smallest absolute Gasteiger partial charge is 0.227 e. The number of rotatable bonds is 4. The summed E-state index contributed by atoms with van der Waals surface area (Å²) in [6, 6.07) is 6.27. The standard InChI is InChI=1S/C18H28N2OS/c1-12-10-14(22-18(2,3)4)8-9-16(12)20-17(21)15-7-5-6-13(15)11-19/h8-10,13,15H,5-7,11,19H2,1-4H3,(H,20,21)/t13-,15-/m1/s1. The first-order valence-electron chi connectivity index (χ1n) is 8.11. The maximum Gasteiger partial charge on any atom is 0.227 e. The first-order valence-corrected chi connectivity index (χ1v) is 8.92. The number of benzene rings is 1. The summed E-state index contributed by atoms with van der Waals surface area (Å²) in [5.41, 5.74) is 7.82. The molecule has 1 amide bonds. The van der Waals surface area contributed by atoms with Crippen LogP contribution in [0.5, 0.6) is 0 Å². The molecule has 1 fully saturated rings. The van der Waals surface area contributed by atoms with Gasteiger partial charge in [-0.2, -0.15) is 0 Å². The number of hydrogen-bond donors (Lipinski definition) is 2. The van der Waals surface area contributed by atoms with E-state index in [1.165, 1.54) is 4.90 Å². The minimum absolute atomic E-state index is 0.0769. The highest BCUT2D eigenvalue weighted by Crippen LogP contribution is 2.35. The Balaban J connectivity index is 2.05. The fourth-order valence-electron chi connectivity index (χ4n) is 3.08. The van der Waals surface area contributed by atoms with Crippen LogP contribution in [0.25, 0.3) is 0 Å². The van der Waals surface area contributed by atoms with Gasteiger partial charge in [0.1, 0.15) is 0 Å². The highest BCUT2D eigenvalue weighted by atomic mass is 32.2. The Hall–Kier alpha value is -1.00. The Bertz CT molecular complexity index is 536. The Morgan fingerprint density at radius 2 is 2.09 bits per heavy atom. The van der Waals surface area contributed by atoms with E-state index in [1.54, 1.807) is 0 Å². The van der Waals surface area contributed by atoms with Gasteiger partial charge in [0.15, 0.2) is 0 Å². The first-order chi connectivity index (χ1) is 10.3. The number of aryl methyl sites for hydroxylation is 1. The molecule has 1 aromatic rings. The molecule has 1 aliphatic rings. The molecule has 3 N–H and O–H groups in total. The van der Waals surface area contributed by atoms with Crippen LogP contribution in [-0.2, 0) is 4.79 Å². The molecule has 0 unspecified atom stereocenters. The summed E-state index contributed by atoms with van der Waals surface area (Å²) in [5.74, 6) is 0.552.